The first-order valence-corrected chi connectivity index (χ1v) is 7.27. The summed E-state index contributed by atoms with van der Waals surface area (Å²) in [6, 6.07) is 12.7. The molecule has 1 atom stereocenters. The van der Waals surface area contributed by atoms with Crippen molar-refractivity contribution in [3.8, 4) is 5.88 Å². The first kappa shape index (κ1) is 15.4. The van der Waals surface area contributed by atoms with Crippen LogP contribution < -0.4 is 10.1 Å². The van der Waals surface area contributed by atoms with Crippen LogP contribution in [0.25, 0.3) is 0 Å². The predicted octanol–water partition coefficient (Wildman–Crippen LogP) is 3.11. The van der Waals surface area contributed by atoms with Crippen molar-refractivity contribution in [1.82, 2.24) is 15.5 Å². The van der Waals surface area contributed by atoms with Gasteiger partial charge < -0.3 is 10.1 Å². The fourth-order valence-corrected chi connectivity index (χ4v) is 2.25. The minimum Gasteiger partial charge on any atom is -0.480 e. The van der Waals surface area contributed by atoms with Gasteiger partial charge in [-0.1, -0.05) is 38.1 Å². The van der Waals surface area contributed by atoms with Crippen LogP contribution in [-0.4, -0.2) is 24.4 Å². The Hall–Kier alpha value is -1.94. The van der Waals surface area contributed by atoms with Crippen LogP contribution in [0.5, 0.6) is 5.88 Å². The first-order valence-electron chi connectivity index (χ1n) is 7.27. The van der Waals surface area contributed by atoms with E-state index < -0.39 is 0 Å². The van der Waals surface area contributed by atoms with Gasteiger partial charge in [0.1, 0.15) is 0 Å². The molecule has 2 aromatic rings. The van der Waals surface area contributed by atoms with Crippen LogP contribution in [0.3, 0.4) is 0 Å². The lowest BCUT2D eigenvalue weighted by molar-refractivity contribution is 0.389. The van der Waals surface area contributed by atoms with Gasteiger partial charge in [0.05, 0.1) is 18.8 Å². The van der Waals surface area contributed by atoms with E-state index in [9.17, 15) is 0 Å². The van der Waals surface area contributed by atoms with Crippen molar-refractivity contribution in [3.05, 3.63) is 53.2 Å². The number of nitrogens with zero attached hydrogens (tertiary/aromatic N) is 2. The highest BCUT2D eigenvalue weighted by Gasteiger charge is 2.12. The first-order chi connectivity index (χ1) is 10.1. The highest BCUT2D eigenvalue weighted by Crippen LogP contribution is 2.20. The van der Waals surface area contributed by atoms with Gasteiger partial charge in [-0.15, -0.1) is 5.10 Å². The van der Waals surface area contributed by atoms with E-state index in [-0.39, 0.29) is 6.04 Å². The molecule has 0 aliphatic carbocycles. The normalized spacial score (nSPS) is 12.4. The van der Waals surface area contributed by atoms with Gasteiger partial charge in [-0.3, -0.25) is 0 Å². The zero-order valence-corrected chi connectivity index (χ0v) is 13.1. The third-order valence-corrected chi connectivity index (χ3v) is 3.66. The Bertz CT molecular complexity index is 549. The summed E-state index contributed by atoms with van der Waals surface area (Å²) in [5, 5.41) is 11.6. The van der Waals surface area contributed by atoms with Crippen LogP contribution in [0.4, 0.5) is 0 Å². The van der Waals surface area contributed by atoms with Gasteiger partial charge in [-0.25, -0.2) is 0 Å². The standard InChI is InChI=1S/C17H23N3O/c1-12(2)14-7-5-13(6-8-14)11-16(18-3)15-9-10-17(21-4)20-19-15/h5-10,12,16,18H,11H2,1-4H3. The van der Waals surface area contributed by atoms with E-state index in [2.05, 4.69) is 53.6 Å². The van der Waals surface area contributed by atoms with E-state index in [0.29, 0.717) is 11.8 Å². The molecule has 1 unspecified atom stereocenters. The van der Waals surface area contributed by atoms with E-state index in [1.807, 2.05) is 19.2 Å². The number of rotatable bonds is 6. The highest BCUT2D eigenvalue weighted by molar-refractivity contribution is 5.26. The Kier molecular flexibility index (Phi) is 5.28. The van der Waals surface area contributed by atoms with Crippen LogP contribution in [0.2, 0.25) is 0 Å². The molecule has 1 heterocycles. The molecule has 4 nitrogen and oxygen atoms in total. The molecule has 21 heavy (non-hydrogen) atoms. The Morgan fingerprint density at radius 1 is 1.05 bits per heavy atom. The molecule has 0 bridgehead atoms. The second-order valence-electron chi connectivity index (χ2n) is 5.44. The molecule has 1 N–H and O–H groups in total. The number of benzene rings is 1. The minimum atomic E-state index is 0.147. The molecule has 0 fully saturated rings. The van der Waals surface area contributed by atoms with Crippen molar-refractivity contribution < 1.29 is 4.74 Å². The summed E-state index contributed by atoms with van der Waals surface area (Å²) in [4.78, 5) is 0. The summed E-state index contributed by atoms with van der Waals surface area (Å²) < 4.78 is 5.04. The van der Waals surface area contributed by atoms with Crippen molar-refractivity contribution in [2.45, 2.75) is 32.2 Å². The van der Waals surface area contributed by atoms with E-state index in [0.717, 1.165) is 12.1 Å². The van der Waals surface area contributed by atoms with Crippen LogP contribution in [0.15, 0.2) is 36.4 Å². The Morgan fingerprint density at radius 3 is 2.24 bits per heavy atom. The van der Waals surface area contributed by atoms with E-state index in [1.54, 1.807) is 7.11 Å². The molecule has 0 saturated carbocycles. The van der Waals surface area contributed by atoms with E-state index in [4.69, 9.17) is 4.74 Å². The van der Waals surface area contributed by atoms with Gasteiger partial charge in [-0.05, 0) is 36.6 Å². The molecule has 0 saturated heterocycles. The molecule has 0 spiro atoms. The van der Waals surface area contributed by atoms with Gasteiger partial charge in [0.25, 0.3) is 0 Å². The number of aromatic nitrogens is 2. The Morgan fingerprint density at radius 2 is 1.76 bits per heavy atom. The summed E-state index contributed by atoms with van der Waals surface area (Å²) in [7, 11) is 3.54. The summed E-state index contributed by atoms with van der Waals surface area (Å²) in [5.74, 6) is 1.10. The number of nitrogens with one attached hydrogen (secondary N) is 1. The van der Waals surface area contributed by atoms with E-state index in [1.165, 1.54) is 11.1 Å². The van der Waals surface area contributed by atoms with Crippen molar-refractivity contribution >= 4 is 0 Å². The molecule has 0 radical (unpaired) electrons. The molecule has 1 aromatic carbocycles. The summed E-state index contributed by atoms with van der Waals surface area (Å²) in [6.07, 6.45) is 0.885. The number of likely N-dealkylation sites (N-methyl/N-ethyl adjacent to an activating group) is 1. The number of hydrogen-bond acceptors (Lipinski definition) is 4. The van der Waals surface area contributed by atoms with Crippen LogP contribution >= 0.6 is 0 Å². The highest BCUT2D eigenvalue weighted by atomic mass is 16.5. The van der Waals surface area contributed by atoms with Gasteiger partial charge >= 0.3 is 0 Å². The van der Waals surface area contributed by atoms with Crippen LogP contribution in [0.1, 0.15) is 42.6 Å². The zero-order chi connectivity index (χ0) is 15.2. The van der Waals surface area contributed by atoms with Gasteiger partial charge in [0.2, 0.25) is 5.88 Å². The molecular weight excluding hydrogens is 262 g/mol. The topological polar surface area (TPSA) is 47.0 Å². The third kappa shape index (κ3) is 4.02. The fourth-order valence-electron chi connectivity index (χ4n) is 2.25. The van der Waals surface area contributed by atoms with Crippen LogP contribution in [-0.2, 0) is 6.42 Å². The van der Waals surface area contributed by atoms with Crippen molar-refractivity contribution in [2.75, 3.05) is 14.2 Å². The Balaban J connectivity index is 2.10. The molecule has 1 aromatic heterocycles. The molecule has 0 amide bonds. The monoisotopic (exact) mass is 285 g/mol. The lowest BCUT2D eigenvalue weighted by Crippen LogP contribution is -2.20. The quantitative estimate of drug-likeness (QED) is 0.886. The minimum absolute atomic E-state index is 0.147. The molecule has 112 valence electrons. The SMILES string of the molecule is CNC(Cc1ccc(C(C)C)cc1)c1ccc(OC)nn1. The van der Waals surface area contributed by atoms with Gasteiger partial charge in [-0.2, -0.15) is 5.10 Å². The van der Waals surface area contributed by atoms with Crippen molar-refractivity contribution in [1.29, 1.82) is 0 Å². The summed E-state index contributed by atoms with van der Waals surface area (Å²) in [6.45, 7) is 4.41. The third-order valence-electron chi connectivity index (χ3n) is 3.66. The number of hydrogen-bond donors (Lipinski definition) is 1. The maximum absolute atomic E-state index is 5.04. The number of methoxy groups -OCH3 is 1. The van der Waals surface area contributed by atoms with E-state index >= 15 is 0 Å². The van der Waals surface area contributed by atoms with Crippen molar-refractivity contribution in [3.63, 3.8) is 0 Å². The molecular formula is C17H23N3O. The predicted molar refractivity (Wildman–Crippen MR) is 84.6 cm³/mol. The average Bonchev–Trinajstić information content (AvgIpc) is 2.53. The zero-order valence-electron chi connectivity index (χ0n) is 13.1. The maximum Gasteiger partial charge on any atom is 0.233 e. The second kappa shape index (κ2) is 7.18. The largest absolute Gasteiger partial charge is 0.480 e. The smallest absolute Gasteiger partial charge is 0.233 e. The molecule has 0 aliphatic rings. The lowest BCUT2D eigenvalue weighted by atomic mass is 9.98. The molecule has 2 rings (SSSR count). The average molecular weight is 285 g/mol. The Labute approximate surface area is 126 Å². The lowest BCUT2D eigenvalue weighted by Gasteiger charge is -2.16. The molecule has 4 heteroatoms. The summed E-state index contributed by atoms with van der Waals surface area (Å²) in [5.41, 5.74) is 3.58. The van der Waals surface area contributed by atoms with Crippen LogP contribution in [0, 0.1) is 0 Å². The van der Waals surface area contributed by atoms with Gasteiger partial charge in [0, 0.05) is 6.07 Å². The maximum atomic E-state index is 5.04. The molecule has 0 aliphatic heterocycles. The van der Waals surface area contributed by atoms with Gasteiger partial charge in [0.15, 0.2) is 0 Å². The summed E-state index contributed by atoms with van der Waals surface area (Å²) >= 11 is 0. The second-order valence-corrected chi connectivity index (χ2v) is 5.44. The number of ether oxygens (including phenoxy) is 1. The van der Waals surface area contributed by atoms with Crippen molar-refractivity contribution in [2.24, 2.45) is 0 Å². The fraction of sp³-hybridized carbons (Fsp3) is 0.412.